The van der Waals surface area contributed by atoms with Gasteiger partial charge in [0.15, 0.2) is 0 Å². The van der Waals surface area contributed by atoms with Crippen molar-refractivity contribution in [1.29, 1.82) is 0 Å². The predicted octanol–water partition coefficient (Wildman–Crippen LogP) is 1.92. The van der Waals surface area contributed by atoms with Gasteiger partial charge in [0.25, 0.3) is 0 Å². The van der Waals surface area contributed by atoms with Gasteiger partial charge in [-0.2, -0.15) is 0 Å². The van der Waals surface area contributed by atoms with Crippen molar-refractivity contribution in [2.45, 2.75) is 19.4 Å². The first-order chi connectivity index (χ1) is 9.56. The summed E-state index contributed by atoms with van der Waals surface area (Å²) in [7, 11) is 1.79. The van der Waals surface area contributed by atoms with Crippen LogP contribution in [0, 0.1) is 5.92 Å². The normalized spacial score (nSPS) is 18.8. The molecule has 7 heteroatoms. The van der Waals surface area contributed by atoms with Crippen LogP contribution in [0.4, 0.5) is 0 Å². The smallest absolute Gasteiger partial charge is 0.307 e. The van der Waals surface area contributed by atoms with Gasteiger partial charge in [-0.25, -0.2) is 0 Å². The van der Waals surface area contributed by atoms with E-state index in [1.54, 1.807) is 23.3 Å². The number of amides is 1. The van der Waals surface area contributed by atoms with E-state index in [1.165, 1.54) is 0 Å². The van der Waals surface area contributed by atoms with E-state index in [1.807, 2.05) is 22.4 Å². The Morgan fingerprint density at radius 3 is 2.90 bits per heavy atom. The van der Waals surface area contributed by atoms with Gasteiger partial charge in [0, 0.05) is 18.5 Å². The summed E-state index contributed by atoms with van der Waals surface area (Å²) >= 11 is 1.63. The zero-order valence-electron chi connectivity index (χ0n) is 12.0. The molecular weight excluding hydrogens is 312 g/mol. The number of aliphatic carboxylic acids is 1. The third kappa shape index (κ3) is 5.30. The Morgan fingerprint density at radius 1 is 1.52 bits per heavy atom. The number of halogens is 1. The maximum atomic E-state index is 12.2. The Hall–Kier alpha value is -1.11. The molecule has 1 saturated heterocycles. The molecule has 0 bridgehead atoms. The summed E-state index contributed by atoms with van der Waals surface area (Å²) in [6.07, 6.45) is 1.56. The minimum absolute atomic E-state index is 0. The van der Waals surface area contributed by atoms with Crippen LogP contribution in [0.5, 0.6) is 0 Å². The molecule has 118 valence electrons. The number of carbonyl (C=O) groups is 2. The molecule has 1 aliphatic rings. The molecule has 1 aromatic heterocycles. The van der Waals surface area contributed by atoms with Crippen molar-refractivity contribution in [1.82, 2.24) is 9.80 Å². The van der Waals surface area contributed by atoms with Gasteiger partial charge in [-0.1, -0.05) is 6.07 Å². The van der Waals surface area contributed by atoms with Crippen LogP contribution in [0.3, 0.4) is 0 Å². The average molecular weight is 333 g/mol. The fourth-order valence-corrected chi connectivity index (χ4v) is 3.19. The largest absolute Gasteiger partial charge is 0.481 e. The third-order valence-corrected chi connectivity index (χ3v) is 4.47. The van der Waals surface area contributed by atoms with Crippen molar-refractivity contribution >= 4 is 35.6 Å². The van der Waals surface area contributed by atoms with Gasteiger partial charge in [-0.15, -0.1) is 23.7 Å². The van der Waals surface area contributed by atoms with Crippen molar-refractivity contribution in [3.05, 3.63) is 22.4 Å². The number of hydrogen-bond donors (Lipinski definition) is 1. The highest BCUT2D eigenvalue weighted by atomic mass is 35.5. The van der Waals surface area contributed by atoms with E-state index in [9.17, 15) is 9.59 Å². The lowest BCUT2D eigenvalue weighted by Crippen LogP contribution is -2.44. The Balaban J connectivity index is 0.00000220. The molecule has 5 nitrogen and oxygen atoms in total. The van der Waals surface area contributed by atoms with Crippen LogP contribution in [0.2, 0.25) is 0 Å². The number of likely N-dealkylation sites (tertiary alicyclic amines) is 1. The van der Waals surface area contributed by atoms with Gasteiger partial charge in [0.05, 0.1) is 19.0 Å². The van der Waals surface area contributed by atoms with Crippen molar-refractivity contribution in [3.8, 4) is 0 Å². The maximum Gasteiger partial charge on any atom is 0.307 e. The van der Waals surface area contributed by atoms with Crippen LogP contribution in [-0.4, -0.2) is 53.5 Å². The second-order valence-electron chi connectivity index (χ2n) is 5.24. The molecule has 2 rings (SSSR count). The van der Waals surface area contributed by atoms with Crippen LogP contribution in [0.15, 0.2) is 17.5 Å². The molecule has 0 radical (unpaired) electrons. The quantitative estimate of drug-likeness (QED) is 0.895. The van der Waals surface area contributed by atoms with Crippen molar-refractivity contribution in [3.63, 3.8) is 0 Å². The highest BCUT2D eigenvalue weighted by Gasteiger charge is 2.27. The van der Waals surface area contributed by atoms with Gasteiger partial charge in [0.1, 0.15) is 0 Å². The van der Waals surface area contributed by atoms with Crippen LogP contribution in [-0.2, 0) is 16.1 Å². The first kappa shape index (κ1) is 17.9. The maximum absolute atomic E-state index is 12.2. The zero-order chi connectivity index (χ0) is 14.5. The predicted molar refractivity (Wildman–Crippen MR) is 84.8 cm³/mol. The van der Waals surface area contributed by atoms with E-state index < -0.39 is 5.97 Å². The van der Waals surface area contributed by atoms with E-state index in [0.29, 0.717) is 26.1 Å². The van der Waals surface area contributed by atoms with Crippen LogP contribution in [0.25, 0.3) is 0 Å². The summed E-state index contributed by atoms with van der Waals surface area (Å²) in [5.41, 5.74) is 0. The number of nitrogens with zero attached hydrogens (tertiary/aromatic N) is 2. The van der Waals surface area contributed by atoms with Crippen molar-refractivity contribution in [2.75, 3.05) is 26.7 Å². The second kappa shape index (κ2) is 8.36. The molecule has 1 atom stereocenters. The summed E-state index contributed by atoms with van der Waals surface area (Å²) in [5, 5.41) is 11.0. The molecule has 0 aromatic carbocycles. The third-order valence-electron chi connectivity index (χ3n) is 3.61. The van der Waals surface area contributed by atoms with Gasteiger partial charge >= 0.3 is 5.97 Å². The number of carboxylic acid groups (broad SMARTS) is 1. The molecule has 1 unspecified atom stereocenters. The highest BCUT2D eigenvalue weighted by molar-refractivity contribution is 7.09. The van der Waals surface area contributed by atoms with E-state index in [2.05, 4.69) is 0 Å². The minimum Gasteiger partial charge on any atom is -0.481 e. The number of carboxylic acids is 1. The molecular formula is C14H21ClN2O3S. The van der Waals surface area contributed by atoms with Crippen LogP contribution in [0.1, 0.15) is 17.7 Å². The molecule has 2 heterocycles. The summed E-state index contributed by atoms with van der Waals surface area (Å²) in [6, 6.07) is 3.98. The van der Waals surface area contributed by atoms with E-state index >= 15 is 0 Å². The first-order valence-electron chi connectivity index (χ1n) is 6.78. The summed E-state index contributed by atoms with van der Waals surface area (Å²) in [4.78, 5) is 28.0. The summed E-state index contributed by atoms with van der Waals surface area (Å²) in [5.74, 6) is -1.04. The van der Waals surface area contributed by atoms with E-state index in [4.69, 9.17) is 5.11 Å². The molecule has 0 saturated carbocycles. The fourth-order valence-electron chi connectivity index (χ4n) is 2.44. The Morgan fingerprint density at radius 2 is 2.29 bits per heavy atom. The topological polar surface area (TPSA) is 60.9 Å². The van der Waals surface area contributed by atoms with Gasteiger partial charge in [0.2, 0.25) is 5.91 Å². The molecule has 1 aromatic rings. The second-order valence-corrected chi connectivity index (χ2v) is 6.27. The number of thiophene rings is 1. The first-order valence-corrected chi connectivity index (χ1v) is 7.65. The van der Waals surface area contributed by atoms with Crippen LogP contribution < -0.4 is 0 Å². The summed E-state index contributed by atoms with van der Waals surface area (Å²) in [6.45, 7) is 2.22. The van der Waals surface area contributed by atoms with Gasteiger partial charge in [-0.05, 0) is 30.8 Å². The highest BCUT2D eigenvalue weighted by Crippen LogP contribution is 2.17. The number of carbonyl (C=O) groups excluding carboxylic acids is 1. The molecule has 1 fully saturated rings. The lowest BCUT2D eigenvalue weighted by molar-refractivity contribution is -0.144. The molecule has 0 aliphatic carbocycles. The Kier molecular flexibility index (Phi) is 7.14. The summed E-state index contributed by atoms with van der Waals surface area (Å²) < 4.78 is 0. The lowest BCUT2D eigenvalue weighted by atomic mass is 9.98. The molecule has 21 heavy (non-hydrogen) atoms. The van der Waals surface area contributed by atoms with E-state index in [0.717, 1.165) is 17.8 Å². The monoisotopic (exact) mass is 332 g/mol. The molecule has 1 aliphatic heterocycles. The molecule has 1 amide bonds. The Bertz CT molecular complexity index is 467. The standard InChI is InChI=1S/C14H20N2O3S.ClH/c1-15(9-12-5-3-7-20-12)13(17)10-16-6-2-4-11(8-16)14(18)19;/h3,5,7,11H,2,4,6,8-10H2,1H3,(H,18,19);1H. The van der Waals surface area contributed by atoms with Gasteiger partial charge < -0.3 is 10.0 Å². The zero-order valence-corrected chi connectivity index (χ0v) is 13.7. The number of hydrogen-bond acceptors (Lipinski definition) is 4. The molecule has 0 spiro atoms. The van der Waals surface area contributed by atoms with Gasteiger partial charge in [-0.3, -0.25) is 14.5 Å². The average Bonchev–Trinajstić information content (AvgIpc) is 2.91. The fraction of sp³-hybridized carbons (Fsp3) is 0.571. The lowest BCUT2D eigenvalue weighted by Gasteiger charge is -2.31. The molecule has 1 N–H and O–H groups in total. The number of piperidine rings is 1. The minimum atomic E-state index is -0.755. The number of rotatable bonds is 5. The SMILES string of the molecule is CN(Cc1cccs1)C(=O)CN1CCCC(C(=O)O)C1.Cl. The van der Waals surface area contributed by atoms with Crippen molar-refractivity contribution < 1.29 is 14.7 Å². The number of likely N-dealkylation sites (N-methyl/N-ethyl adjacent to an activating group) is 1. The van der Waals surface area contributed by atoms with Crippen LogP contribution >= 0.6 is 23.7 Å². The van der Waals surface area contributed by atoms with Crippen molar-refractivity contribution in [2.24, 2.45) is 5.92 Å². The Labute approximate surface area is 135 Å². The van der Waals surface area contributed by atoms with E-state index in [-0.39, 0.29) is 24.2 Å².